The maximum atomic E-state index is 12.3. The third-order valence-corrected chi connectivity index (χ3v) is 5.82. The van der Waals surface area contributed by atoms with Crippen molar-refractivity contribution in [2.24, 2.45) is 11.8 Å². The van der Waals surface area contributed by atoms with E-state index in [1.165, 1.54) is 18.9 Å². The van der Waals surface area contributed by atoms with Crippen molar-refractivity contribution in [2.45, 2.75) is 27.2 Å². The van der Waals surface area contributed by atoms with Crippen LogP contribution in [0.5, 0.6) is 5.75 Å². The van der Waals surface area contributed by atoms with Gasteiger partial charge in [-0.15, -0.1) is 0 Å². The summed E-state index contributed by atoms with van der Waals surface area (Å²) in [7, 11) is 4.67. The van der Waals surface area contributed by atoms with Crippen molar-refractivity contribution in [3.05, 3.63) is 47.4 Å². The third kappa shape index (κ3) is 3.66. The first kappa shape index (κ1) is 21.8. The van der Waals surface area contributed by atoms with Gasteiger partial charge in [-0.3, -0.25) is 0 Å². The van der Waals surface area contributed by atoms with Gasteiger partial charge in [-0.25, -0.2) is 4.79 Å². The van der Waals surface area contributed by atoms with Crippen LogP contribution in [0.15, 0.2) is 36.1 Å². The van der Waals surface area contributed by atoms with Crippen LogP contribution in [-0.4, -0.2) is 50.3 Å². The summed E-state index contributed by atoms with van der Waals surface area (Å²) in [5.74, 6) is 0.736. The Morgan fingerprint density at radius 3 is 2.67 bits per heavy atom. The molecule has 1 aromatic heterocycles. The number of fused-ring (bicyclic) bond motifs is 5. The number of rotatable bonds is 4. The van der Waals surface area contributed by atoms with Gasteiger partial charge in [0.1, 0.15) is 5.75 Å². The number of allylic oxidation sites excluding steroid dienone is 1. The highest BCUT2D eigenvalue weighted by Crippen LogP contribution is 2.42. The van der Waals surface area contributed by atoms with E-state index in [2.05, 4.69) is 29.0 Å². The number of benzene rings is 1. The number of H-pyrrole nitrogens is 1. The number of hydrogen-bond donors (Lipinski definition) is 1. The predicted molar refractivity (Wildman–Crippen MR) is 119 cm³/mol. The topological polar surface area (TPSA) is 63.8 Å². The Hall–Kier alpha value is -2.89. The molecule has 6 heteroatoms. The lowest BCUT2D eigenvalue weighted by molar-refractivity contribution is -0.137. The van der Waals surface area contributed by atoms with Gasteiger partial charge in [0.2, 0.25) is 0 Å². The molecule has 2 unspecified atom stereocenters. The first-order chi connectivity index (χ1) is 14.6. The standard InChI is InChI=1S/C22H26N2O4.C2H6/c1-13-11-24-9-8-14-20-17(6-5-7-19(20)27-3)23-21(14)18(24)10-15(13)16(12-26-2)22(25)28-4;1-2/h5-7,10,12-13,15,23H,8-9,11H2,1-4H3;1-2H3/b16-12+;. The highest BCUT2D eigenvalue weighted by atomic mass is 16.5. The van der Waals surface area contributed by atoms with Gasteiger partial charge >= 0.3 is 5.97 Å². The summed E-state index contributed by atoms with van der Waals surface area (Å²) in [5, 5.41) is 1.15. The average Bonchev–Trinajstić information content (AvgIpc) is 3.17. The van der Waals surface area contributed by atoms with Gasteiger partial charge in [0.15, 0.2) is 0 Å². The fourth-order valence-corrected chi connectivity index (χ4v) is 4.52. The normalized spacial score (nSPS) is 20.4. The van der Waals surface area contributed by atoms with E-state index in [0.29, 0.717) is 5.57 Å². The van der Waals surface area contributed by atoms with E-state index in [9.17, 15) is 4.79 Å². The zero-order valence-electron chi connectivity index (χ0n) is 18.7. The summed E-state index contributed by atoms with van der Waals surface area (Å²) < 4.78 is 15.8. The third-order valence-electron chi connectivity index (χ3n) is 5.82. The number of hydrogen-bond acceptors (Lipinski definition) is 5. The van der Waals surface area contributed by atoms with Crippen LogP contribution < -0.4 is 4.74 Å². The summed E-state index contributed by atoms with van der Waals surface area (Å²) in [6.07, 6.45) is 4.65. The summed E-state index contributed by atoms with van der Waals surface area (Å²) in [6.45, 7) is 7.98. The molecule has 1 aromatic carbocycles. The Morgan fingerprint density at radius 1 is 1.23 bits per heavy atom. The van der Waals surface area contributed by atoms with Gasteiger partial charge < -0.3 is 24.1 Å². The molecule has 1 N–H and O–H groups in total. The van der Waals surface area contributed by atoms with Gasteiger partial charge in [-0.2, -0.15) is 0 Å². The van der Waals surface area contributed by atoms with Gasteiger partial charge in [-0.05, 0) is 30.0 Å². The highest BCUT2D eigenvalue weighted by Gasteiger charge is 2.36. The summed E-state index contributed by atoms with van der Waals surface area (Å²) in [6, 6.07) is 6.08. The summed E-state index contributed by atoms with van der Waals surface area (Å²) in [4.78, 5) is 18.3. The van der Waals surface area contributed by atoms with Crippen LogP contribution >= 0.6 is 0 Å². The summed E-state index contributed by atoms with van der Waals surface area (Å²) >= 11 is 0. The maximum absolute atomic E-state index is 12.3. The quantitative estimate of drug-likeness (QED) is 0.459. The molecule has 3 heterocycles. The lowest BCUT2D eigenvalue weighted by Crippen LogP contribution is -2.40. The van der Waals surface area contributed by atoms with E-state index in [4.69, 9.17) is 14.2 Å². The van der Waals surface area contributed by atoms with Crippen LogP contribution in [0.25, 0.3) is 16.6 Å². The summed E-state index contributed by atoms with van der Waals surface area (Å²) in [5.41, 5.74) is 5.14. The highest BCUT2D eigenvalue weighted by molar-refractivity contribution is 5.95. The molecule has 0 saturated heterocycles. The largest absolute Gasteiger partial charge is 0.504 e. The predicted octanol–water partition coefficient (Wildman–Crippen LogP) is 4.37. The number of aromatic amines is 1. The number of aromatic nitrogens is 1. The molecule has 0 spiro atoms. The second-order valence-corrected chi connectivity index (χ2v) is 7.41. The molecule has 0 bridgehead atoms. The van der Waals surface area contributed by atoms with Crippen molar-refractivity contribution >= 4 is 22.6 Å². The first-order valence-corrected chi connectivity index (χ1v) is 10.5. The zero-order chi connectivity index (χ0) is 21.8. The molecule has 0 saturated carbocycles. The number of esters is 1. The van der Waals surface area contributed by atoms with Crippen molar-refractivity contribution in [1.29, 1.82) is 0 Å². The fourth-order valence-electron chi connectivity index (χ4n) is 4.52. The fraction of sp³-hybridized carbons (Fsp3) is 0.458. The Balaban J connectivity index is 0.00000124. The van der Waals surface area contributed by atoms with Crippen LogP contribution in [-0.2, 0) is 20.7 Å². The second-order valence-electron chi connectivity index (χ2n) is 7.41. The van der Waals surface area contributed by atoms with Crippen LogP contribution in [0.3, 0.4) is 0 Å². The van der Waals surface area contributed by atoms with Gasteiger partial charge in [0.25, 0.3) is 0 Å². The van der Waals surface area contributed by atoms with Crippen LogP contribution in [0.1, 0.15) is 32.0 Å². The number of ether oxygens (including phenoxy) is 3. The van der Waals surface area contributed by atoms with E-state index in [0.717, 1.165) is 47.6 Å². The Labute approximate surface area is 178 Å². The molecule has 2 atom stereocenters. The lowest BCUT2D eigenvalue weighted by atomic mass is 9.81. The van der Waals surface area contributed by atoms with Crippen LogP contribution in [0, 0.1) is 11.8 Å². The van der Waals surface area contributed by atoms with Gasteiger partial charge in [-0.1, -0.05) is 32.9 Å². The molecule has 4 rings (SSSR count). The maximum Gasteiger partial charge on any atom is 0.337 e. The smallest absolute Gasteiger partial charge is 0.337 e. The molecule has 0 radical (unpaired) electrons. The Bertz CT molecular complexity index is 973. The molecule has 0 aliphatic carbocycles. The SMILES string of the molecule is CC.CO/C=C(/C(=O)OC)C1C=C2c3[nH]c4cccc(OC)c4c3CCN2CC1C. The molecule has 162 valence electrons. The number of methoxy groups -OCH3 is 3. The van der Waals surface area contributed by atoms with E-state index in [-0.39, 0.29) is 17.8 Å². The van der Waals surface area contributed by atoms with E-state index in [1.54, 1.807) is 14.2 Å². The molecule has 6 nitrogen and oxygen atoms in total. The molecule has 2 aliphatic rings. The van der Waals surface area contributed by atoms with Gasteiger partial charge in [0.05, 0.1) is 44.6 Å². The van der Waals surface area contributed by atoms with E-state index >= 15 is 0 Å². The number of carbonyl (C=O) groups is 1. The second kappa shape index (κ2) is 9.28. The van der Waals surface area contributed by atoms with E-state index < -0.39 is 0 Å². The van der Waals surface area contributed by atoms with Crippen molar-refractivity contribution in [2.75, 3.05) is 34.4 Å². The van der Waals surface area contributed by atoms with Crippen molar-refractivity contribution < 1.29 is 19.0 Å². The Kier molecular flexibility index (Phi) is 6.75. The number of nitrogens with one attached hydrogen (secondary N) is 1. The average molecular weight is 413 g/mol. The van der Waals surface area contributed by atoms with Crippen molar-refractivity contribution in [1.82, 2.24) is 9.88 Å². The minimum absolute atomic E-state index is 0.0714. The molecule has 0 fully saturated rings. The Morgan fingerprint density at radius 2 is 2.00 bits per heavy atom. The zero-order valence-corrected chi connectivity index (χ0v) is 18.7. The first-order valence-electron chi connectivity index (χ1n) is 10.5. The van der Waals surface area contributed by atoms with E-state index in [1.807, 2.05) is 26.0 Å². The van der Waals surface area contributed by atoms with Crippen LogP contribution in [0.4, 0.5) is 0 Å². The minimum Gasteiger partial charge on any atom is -0.504 e. The van der Waals surface area contributed by atoms with Crippen molar-refractivity contribution in [3.8, 4) is 5.75 Å². The molecule has 2 aromatic rings. The monoisotopic (exact) mass is 412 g/mol. The molecule has 30 heavy (non-hydrogen) atoms. The van der Waals surface area contributed by atoms with Crippen molar-refractivity contribution in [3.63, 3.8) is 0 Å². The molecular weight excluding hydrogens is 380 g/mol. The number of nitrogens with zero attached hydrogens (tertiary/aromatic N) is 1. The van der Waals surface area contributed by atoms with Crippen LogP contribution in [0.2, 0.25) is 0 Å². The molecule has 2 aliphatic heterocycles. The molecular formula is C24H32N2O4. The lowest BCUT2D eigenvalue weighted by Gasteiger charge is -2.40. The van der Waals surface area contributed by atoms with Gasteiger partial charge in [0, 0.05) is 29.9 Å². The minimum atomic E-state index is -0.349. The number of carbonyl (C=O) groups excluding carboxylic acids is 1. The molecule has 0 amide bonds.